The molecular weight excluding hydrogens is 300 g/mol. The summed E-state index contributed by atoms with van der Waals surface area (Å²) in [5.74, 6) is 1.66. The zero-order valence-corrected chi connectivity index (χ0v) is 14.9. The van der Waals surface area contributed by atoms with Gasteiger partial charge in [-0.05, 0) is 35.8 Å². The van der Waals surface area contributed by atoms with Crippen molar-refractivity contribution in [3.63, 3.8) is 0 Å². The number of methoxy groups -OCH3 is 1. The Morgan fingerprint density at radius 2 is 1.67 bits per heavy atom. The Hall–Kier alpha value is -0.900. The minimum atomic E-state index is 0.0980. The van der Waals surface area contributed by atoms with Crippen LogP contribution in [0.1, 0.15) is 62.0 Å². The summed E-state index contributed by atoms with van der Waals surface area (Å²) in [4.78, 5) is 0. The van der Waals surface area contributed by atoms with Crippen molar-refractivity contribution in [1.29, 1.82) is 0 Å². The van der Waals surface area contributed by atoms with E-state index in [0.717, 1.165) is 12.5 Å². The minimum Gasteiger partial charge on any atom is -0.376 e. The van der Waals surface area contributed by atoms with Crippen LogP contribution in [0.15, 0.2) is 24.3 Å². The van der Waals surface area contributed by atoms with Crippen molar-refractivity contribution in [2.24, 2.45) is 5.92 Å². The molecule has 4 rings (SSSR count). The minimum absolute atomic E-state index is 0.0980. The molecule has 3 fully saturated rings. The number of hydrogen-bond acceptors (Lipinski definition) is 3. The van der Waals surface area contributed by atoms with E-state index in [1.54, 1.807) is 7.11 Å². The normalized spacial score (nSPS) is 35.1. The van der Waals surface area contributed by atoms with Crippen molar-refractivity contribution in [2.75, 3.05) is 20.3 Å². The van der Waals surface area contributed by atoms with E-state index in [1.807, 2.05) is 0 Å². The highest BCUT2D eigenvalue weighted by Gasteiger charge is 2.49. The molecule has 0 bridgehead atoms. The van der Waals surface area contributed by atoms with E-state index >= 15 is 0 Å². The Morgan fingerprint density at radius 3 is 2.38 bits per heavy atom. The van der Waals surface area contributed by atoms with E-state index in [0.29, 0.717) is 18.4 Å². The van der Waals surface area contributed by atoms with Gasteiger partial charge < -0.3 is 14.2 Å². The highest BCUT2D eigenvalue weighted by atomic mass is 16.6. The summed E-state index contributed by atoms with van der Waals surface area (Å²) in [5, 5.41) is 0. The average Bonchev–Trinajstić information content (AvgIpc) is 3.24. The molecule has 0 aromatic heterocycles. The number of ether oxygens (including phenoxy) is 3. The summed E-state index contributed by atoms with van der Waals surface area (Å²) in [6.45, 7) is 3.76. The average molecular weight is 330 g/mol. The van der Waals surface area contributed by atoms with Crippen LogP contribution in [-0.4, -0.2) is 38.6 Å². The first-order chi connectivity index (χ1) is 11.8. The number of hydrogen-bond donors (Lipinski definition) is 0. The highest BCUT2D eigenvalue weighted by Crippen LogP contribution is 2.40. The Bertz CT molecular complexity index is 535. The van der Waals surface area contributed by atoms with Crippen LogP contribution in [-0.2, 0) is 14.2 Å². The number of rotatable bonds is 4. The van der Waals surface area contributed by atoms with Crippen LogP contribution in [0, 0.1) is 5.92 Å². The molecule has 2 heterocycles. The van der Waals surface area contributed by atoms with Gasteiger partial charge in [-0.25, -0.2) is 0 Å². The van der Waals surface area contributed by atoms with Gasteiger partial charge in [-0.15, -0.1) is 0 Å². The molecule has 0 N–H and O–H groups in total. The predicted molar refractivity (Wildman–Crippen MR) is 94.5 cm³/mol. The largest absolute Gasteiger partial charge is 0.376 e. The van der Waals surface area contributed by atoms with Crippen molar-refractivity contribution in [2.45, 2.75) is 69.2 Å². The van der Waals surface area contributed by atoms with E-state index in [1.165, 1.54) is 43.2 Å². The van der Waals surface area contributed by atoms with Gasteiger partial charge in [-0.2, -0.15) is 0 Å². The summed E-state index contributed by atoms with van der Waals surface area (Å²) in [5.41, 5.74) is 2.94. The summed E-state index contributed by atoms with van der Waals surface area (Å²) >= 11 is 0. The van der Waals surface area contributed by atoms with Gasteiger partial charge in [0.05, 0.1) is 19.3 Å². The first-order valence-electron chi connectivity index (χ1n) is 9.64. The van der Waals surface area contributed by atoms with Crippen molar-refractivity contribution < 1.29 is 14.2 Å². The molecule has 0 spiro atoms. The molecule has 132 valence electrons. The molecule has 3 nitrogen and oxygen atoms in total. The first-order valence-corrected chi connectivity index (χ1v) is 9.64. The molecule has 2 saturated heterocycles. The maximum Gasteiger partial charge on any atom is 0.112 e. The fourth-order valence-corrected chi connectivity index (χ4v) is 4.88. The predicted octanol–water partition coefficient (Wildman–Crippen LogP) is 4.27. The Balaban J connectivity index is 1.44. The molecule has 1 unspecified atom stereocenters. The van der Waals surface area contributed by atoms with Gasteiger partial charge in [0.2, 0.25) is 0 Å². The first kappa shape index (κ1) is 16.6. The highest BCUT2D eigenvalue weighted by molar-refractivity contribution is 5.28. The Kier molecular flexibility index (Phi) is 4.93. The molecule has 1 aromatic carbocycles. The van der Waals surface area contributed by atoms with Gasteiger partial charge in [-0.3, -0.25) is 0 Å². The maximum atomic E-state index is 6.00. The molecule has 1 saturated carbocycles. The van der Waals surface area contributed by atoms with E-state index in [4.69, 9.17) is 14.2 Å². The van der Waals surface area contributed by atoms with Crippen LogP contribution in [0.2, 0.25) is 0 Å². The lowest BCUT2D eigenvalue weighted by atomic mass is 9.81. The lowest BCUT2D eigenvalue weighted by Gasteiger charge is -2.25. The van der Waals surface area contributed by atoms with Gasteiger partial charge in [0.1, 0.15) is 12.2 Å². The topological polar surface area (TPSA) is 27.7 Å². The molecule has 1 aromatic rings. The van der Waals surface area contributed by atoms with Crippen LogP contribution in [0.5, 0.6) is 0 Å². The van der Waals surface area contributed by atoms with Crippen molar-refractivity contribution in [3.8, 4) is 0 Å². The SMILES string of the molecule is CO[C@H]1CO[C@H]2[C@@H]1OC[C@H]2C(C)c1ccc(C2CCCCC2)cc1. The third-order valence-corrected chi connectivity index (χ3v) is 6.53. The molecule has 0 radical (unpaired) electrons. The third-order valence-electron chi connectivity index (χ3n) is 6.53. The maximum absolute atomic E-state index is 6.00. The van der Waals surface area contributed by atoms with Crippen LogP contribution < -0.4 is 0 Å². The third kappa shape index (κ3) is 3.02. The molecule has 0 amide bonds. The summed E-state index contributed by atoms with van der Waals surface area (Å²) in [7, 11) is 1.75. The van der Waals surface area contributed by atoms with Crippen molar-refractivity contribution in [1.82, 2.24) is 0 Å². The molecule has 1 aliphatic carbocycles. The zero-order chi connectivity index (χ0) is 16.5. The molecule has 5 atom stereocenters. The Morgan fingerprint density at radius 1 is 0.958 bits per heavy atom. The number of benzene rings is 1. The summed E-state index contributed by atoms with van der Waals surface area (Å²) in [6, 6.07) is 9.40. The quantitative estimate of drug-likeness (QED) is 0.825. The smallest absolute Gasteiger partial charge is 0.112 e. The fraction of sp³-hybridized carbons (Fsp3) is 0.714. The van der Waals surface area contributed by atoms with Gasteiger partial charge in [0.15, 0.2) is 0 Å². The molecular formula is C21H30O3. The van der Waals surface area contributed by atoms with Crippen molar-refractivity contribution >= 4 is 0 Å². The van der Waals surface area contributed by atoms with Crippen LogP contribution >= 0.6 is 0 Å². The Labute approximate surface area is 145 Å². The lowest BCUT2D eigenvalue weighted by molar-refractivity contribution is -0.00969. The van der Waals surface area contributed by atoms with Crippen LogP contribution in [0.25, 0.3) is 0 Å². The standard InChI is InChI=1S/C21H30O3/c1-14(18-12-23-21-19(22-2)13-24-20(18)21)15-8-10-17(11-9-15)16-6-4-3-5-7-16/h8-11,14,16,18-21H,3-7,12-13H2,1-2H3/t14?,18-,19-,20+,21+/m0/s1. The van der Waals surface area contributed by atoms with Crippen LogP contribution in [0.4, 0.5) is 0 Å². The second-order valence-electron chi connectivity index (χ2n) is 7.82. The van der Waals surface area contributed by atoms with E-state index in [-0.39, 0.29) is 18.3 Å². The summed E-state index contributed by atoms with van der Waals surface area (Å²) < 4.78 is 17.5. The fourth-order valence-electron chi connectivity index (χ4n) is 4.88. The monoisotopic (exact) mass is 330 g/mol. The van der Waals surface area contributed by atoms with Gasteiger partial charge in [0.25, 0.3) is 0 Å². The molecule has 3 aliphatic rings. The van der Waals surface area contributed by atoms with E-state index in [2.05, 4.69) is 31.2 Å². The summed E-state index contributed by atoms with van der Waals surface area (Å²) in [6.07, 6.45) is 7.32. The van der Waals surface area contributed by atoms with Crippen molar-refractivity contribution in [3.05, 3.63) is 35.4 Å². The van der Waals surface area contributed by atoms with Gasteiger partial charge >= 0.3 is 0 Å². The molecule has 2 aliphatic heterocycles. The van der Waals surface area contributed by atoms with E-state index in [9.17, 15) is 0 Å². The number of fused-ring (bicyclic) bond motifs is 1. The molecule has 24 heavy (non-hydrogen) atoms. The second-order valence-corrected chi connectivity index (χ2v) is 7.82. The second kappa shape index (κ2) is 7.15. The zero-order valence-electron chi connectivity index (χ0n) is 14.9. The van der Waals surface area contributed by atoms with Gasteiger partial charge in [-0.1, -0.05) is 50.5 Å². The molecule has 3 heteroatoms. The van der Waals surface area contributed by atoms with Crippen LogP contribution in [0.3, 0.4) is 0 Å². The van der Waals surface area contributed by atoms with Gasteiger partial charge in [0, 0.05) is 13.0 Å². The lowest BCUT2D eigenvalue weighted by Crippen LogP contribution is -2.31. The van der Waals surface area contributed by atoms with E-state index < -0.39 is 0 Å².